The molecule has 0 unspecified atom stereocenters. The number of anilines is 1. The number of amides is 1. The maximum Gasteiger partial charge on any atom is 0.251 e. The average Bonchev–Trinajstić information content (AvgIpc) is 3.16. The molecule has 28 heavy (non-hydrogen) atoms. The van der Waals surface area contributed by atoms with Crippen LogP contribution < -0.4 is 10.2 Å². The summed E-state index contributed by atoms with van der Waals surface area (Å²) in [5.41, 5.74) is 3.88. The second kappa shape index (κ2) is 7.96. The van der Waals surface area contributed by atoms with E-state index in [1.165, 1.54) is 5.56 Å². The SMILES string of the molecule is CN(Cc1ccccc1)c1cccc(C(=O)NCc2ncc3ccccn23)c1. The van der Waals surface area contributed by atoms with Crippen molar-refractivity contribution in [2.75, 3.05) is 11.9 Å². The van der Waals surface area contributed by atoms with E-state index in [0.29, 0.717) is 12.1 Å². The van der Waals surface area contributed by atoms with Gasteiger partial charge in [0.05, 0.1) is 18.3 Å². The summed E-state index contributed by atoms with van der Waals surface area (Å²) in [6.45, 7) is 1.16. The first-order valence-electron chi connectivity index (χ1n) is 9.25. The third-order valence-corrected chi connectivity index (χ3v) is 4.73. The Bertz CT molecular complexity index is 1090. The molecule has 0 fully saturated rings. The zero-order valence-corrected chi connectivity index (χ0v) is 15.7. The van der Waals surface area contributed by atoms with Gasteiger partial charge in [-0.05, 0) is 35.9 Å². The Morgan fingerprint density at radius 1 is 1.04 bits per heavy atom. The summed E-state index contributed by atoms with van der Waals surface area (Å²) in [6, 6.07) is 23.9. The number of benzene rings is 2. The Kier molecular flexibility index (Phi) is 5.06. The molecule has 0 aliphatic rings. The number of carbonyl (C=O) groups is 1. The first-order valence-corrected chi connectivity index (χ1v) is 9.25. The molecule has 2 aromatic heterocycles. The van der Waals surface area contributed by atoms with E-state index >= 15 is 0 Å². The Balaban J connectivity index is 1.44. The van der Waals surface area contributed by atoms with Gasteiger partial charge in [-0.2, -0.15) is 0 Å². The molecule has 0 atom stereocenters. The van der Waals surface area contributed by atoms with Gasteiger partial charge in [0.2, 0.25) is 0 Å². The Morgan fingerprint density at radius 2 is 1.86 bits per heavy atom. The van der Waals surface area contributed by atoms with Crippen molar-refractivity contribution >= 4 is 17.1 Å². The highest BCUT2D eigenvalue weighted by Crippen LogP contribution is 2.17. The van der Waals surface area contributed by atoms with Gasteiger partial charge in [-0.25, -0.2) is 4.98 Å². The molecule has 0 saturated heterocycles. The van der Waals surface area contributed by atoms with Crippen molar-refractivity contribution in [1.82, 2.24) is 14.7 Å². The summed E-state index contributed by atoms with van der Waals surface area (Å²) >= 11 is 0. The zero-order chi connectivity index (χ0) is 19.3. The number of rotatable bonds is 6. The standard InChI is InChI=1S/C23H22N4O/c1-26(17-18-8-3-2-4-9-18)20-12-7-10-19(14-20)23(28)25-16-22-24-15-21-11-5-6-13-27(21)22/h2-15H,16-17H2,1H3,(H,25,28). The minimum absolute atomic E-state index is 0.109. The second-order valence-corrected chi connectivity index (χ2v) is 6.74. The van der Waals surface area contributed by atoms with Gasteiger partial charge in [0.25, 0.3) is 5.91 Å². The van der Waals surface area contributed by atoms with Crippen molar-refractivity contribution < 1.29 is 4.79 Å². The van der Waals surface area contributed by atoms with Crippen LogP contribution >= 0.6 is 0 Å². The maximum absolute atomic E-state index is 12.6. The molecule has 4 aromatic rings. The lowest BCUT2D eigenvalue weighted by molar-refractivity contribution is 0.0950. The first kappa shape index (κ1) is 17.8. The molecule has 5 nitrogen and oxygen atoms in total. The monoisotopic (exact) mass is 370 g/mol. The summed E-state index contributed by atoms with van der Waals surface area (Å²) in [5.74, 6) is 0.698. The van der Waals surface area contributed by atoms with Crippen molar-refractivity contribution in [3.8, 4) is 0 Å². The molecule has 2 heterocycles. The van der Waals surface area contributed by atoms with E-state index in [1.807, 2.05) is 78.3 Å². The molecule has 2 aromatic carbocycles. The van der Waals surface area contributed by atoms with Gasteiger partial charge in [0, 0.05) is 31.0 Å². The number of hydrogen-bond acceptors (Lipinski definition) is 3. The fourth-order valence-electron chi connectivity index (χ4n) is 3.22. The molecule has 0 aliphatic heterocycles. The number of pyridine rings is 1. The topological polar surface area (TPSA) is 49.6 Å². The molecule has 140 valence electrons. The molecular formula is C23H22N4O. The highest BCUT2D eigenvalue weighted by atomic mass is 16.1. The Labute approximate surface area is 164 Å². The highest BCUT2D eigenvalue weighted by molar-refractivity contribution is 5.95. The minimum atomic E-state index is -0.109. The number of aromatic nitrogens is 2. The predicted octanol–water partition coefficient (Wildman–Crippen LogP) is 3.90. The number of imidazole rings is 1. The summed E-state index contributed by atoms with van der Waals surface area (Å²) < 4.78 is 1.98. The summed E-state index contributed by atoms with van der Waals surface area (Å²) in [5, 5.41) is 2.97. The summed E-state index contributed by atoms with van der Waals surface area (Å²) in [7, 11) is 2.03. The van der Waals surface area contributed by atoms with Crippen molar-refractivity contribution in [1.29, 1.82) is 0 Å². The molecule has 0 bridgehead atoms. The van der Waals surface area contributed by atoms with Crippen molar-refractivity contribution in [2.24, 2.45) is 0 Å². The quantitative estimate of drug-likeness (QED) is 0.560. The maximum atomic E-state index is 12.6. The predicted molar refractivity (Wildman–Crippen MR) is 111 cm³/mol. The first-order chi connectivity index (χ1) is 13.7. The Hall–Kier alpha value is -3.60. The minimum Gasteiger partial charge on any atom is -0.370 e. The van der Waals surface area contributed by atoms with E-state index < -0.39 is 0 Å². The fourth-order valence-corrected chi connectivity index (χ4v) is 3.22. The van der Waals surface area contributed by atoms with Crippen LogP contribution in [0.4, 0.5) is 5.69 Å². The highest BCUT2D eigenvalue weighted by Gasteiger charge is 2.10. The van der Waals surface area contributed by atoms with Gasteiger partial charge in [0.1, 0.15) is 5.82 Å². The molecule has 0 radical (unpaired) electrons. The largest absolute Gasteiger partial charge is 0.370 e. The summed E-state index contributed by atoms with van der Waals surface area (Å²) in [4.78, 5) is 19.2. The van der Waals surface area contributed by atoms with Gasteiger partial charge in [0.15, 0.2) is 0 Å². The van der Waals surface area contributed by atoms with E-state index in [1.54, 1.807) is 6.20 Å². The van der Waals surface area contributed by atoms with Gasteiger partial charge in [-0.1, -0.05) is 42.5 Å². The lowest BCUT2D eigenvalue weighted by Gasteiger charge is -2.20. The molecule has 1 N–H and O–H groups in total. The lowest BCUT2D eigenvalue weighted by atomic mass is 10.1. The number of carbonyl (C=O) groups excluding carboxylic acids is 1. The van der Waals surface area contributed by atoms with E-state index in [-0.39, 0.29) is 5.91 Å². The van der Waals surface area contributed by atoms with Crippen molar-refractivity contribution in [3.05, 3.63) is 102 Å². The van der Waals surface area contributed by atoms with Gasteiger partial charge >= 0.3 is 0 Å². The van der Waals surface area contributed by atoms with Crippen LogP contribution in [0.15, 0.2) is 85.2 Å². The van der Waals surface area contributed by atoms with Gasteiger partial charge < -0.3 is 14.6 Å². The van der Waals surface area contributed by atoms with Crippen LogP contribution in [0.5, 0.6) is 0 Å². The molecule has 1 amide bonds. The number of nitrogens with zero attached hydrogens (tertiary/aromatic N) is 3. The molecule has 0 spiro atoms. The molecule has 4 rings (SSSR count). The molecule has 5 heteroatoms. The fraction of sp³-hybridized carbons (Fsp3) is 0.130. The number of hydrogen-bond donors (Lipinski definition) is 1. The van der Waals surface area contributed by atoms with Crippen molar-refractivity contribution in [3.63, 3.8) is 0 Å². The number of nitrogens with one attached hydrogen (secondary N) is 1. The third kappa shape index (κ3) is 3.88. The van der Waals surface area contributed by atoms with Crippen LogP contribution in [0.3, 0.4) is 0 Å². The van der Waals surface area contributed by atoms with Crippen LogP contribution in [-0.2, 0) is 13.1 Å². The van der Waals surface area contributed by atoms with Crippen molar-refractivity contribution in [2.45, 2.75) is 13.1 Å². The van der Waals surface area contributed by atoms with E-state index in [2.05, 4.69) is 27.3 Å². The van der Waals surface area contributed by atoms with Gasteiger partial charge in [-0.3, -0.25) is 4.79 Å². The second-order valence-electron chi connectivity index (χ2n) is 6.74. The molecule has 0 saturated carbocycles. The smallest absolute Gasteiger partial charge is 0.251 e. The van der Waals surface area contributed by atoms with Gasteiger partial charge in [-0.15, -0.1) is 0 Å². The normalized spacial score (nSPS) is 10.8. The van der Waals surface area contributed by atoms with Crippen LogP contribution in [0.25, 0.3) is 5.52 Å². The number of fused-ring (bicyclic) bond motifs is 1. The summed E-state index contributed by atoms with van der Waals surface area (Å²) in [6.07, 6.45) is 3.75. The van der Waals surface area contributed by atoms with E-state index in [9.17, 15) is 4.79 Å². The van der Waals surface area contributed by atoms with Crippen LogP contribution in [-0.4, -0.2) is 22.3 Å². The molecule has 0 aliphatic carbocycles. The van der Waals surface area contributed by atoms with Crippen LogP contribution in [0, 0.1) is 0 Å². The third-order valence-electron chi connectivity index (χ3n) is 4.73. The van der Waals surface area contributed by atoms with E-state index in [0.717, 1.165) is 23.6 Å². The van der Waals surface area contributed by atoms with Crippen LogP contribution in [0.1, 0.15) is 21.7 Å². The average molecular weight is 370 g/mol. The lowest BCUT2D eigenvalue weighted by Crippen LogP contribution is -2.24. The van der Waals surface area contributed by atoms with E-state index in [4.69, 9.17) is 0 Å². The van der Waals surface area contributed by atoms with Crippen LogP contribution in [0.2, 0.25) is 0 Å². The molecular weight excluding hydrogens is 348 g/mol. The Morgan fingerprint density at radius 3 is 2.71 bits per heavy atom. The zero-order valence-electron chi connectivity index (χ0n) is 15.7.